The molecule has 5 nitrogen and oxygen atoms in total. The Morgan fingerprint density at radius 1 is 1.42 bits per heavy atom. The summed E-state index contributed by atoms with van der Waals surface area (Å²) >= 11 is 1.55. The van der Waals surface area contributed by atoms with E-state index in [9.17, 15) is 14.0 Å². The summed E-state index contributed by atoms with van der Waals surface area (Å²) in [5, 5.41) is 5.80. The number of thiazole rings is 1. The molecule has 1 saturated heterocycles. The first-order chi connectivity index (χ1) is 12.6. The van der Waals surface area contributed by atoms with Crippen LogP contribution in [0.4, 0.5) is 4.39 Å². The van der Waals surface area contributed by atoms with Crippen LogP contribution in [-0.4, -0.2) is 34.8 Å². The fourth-order valence-corrected chi connectivity index (χ4v) is 4.12. The van der Waals surface area contributed by atoms with Gasteiger partial charge in [0.25, 0.3) is 0 Å². The average Bonchev–Trinajstić information content (AvgIpc) is 3.15. The zero-order valence-electron chi connectivity index (χ0n) is 14.7. The summed E-state index contributed by atoms with van der Waals surface area (Å²) in [5.74, 6) is -1.01. The largest absolute Gasteiger partial charge is 0.355 e. The lowest BCUT2D eigenvalue weighted by Gasteiger charge is -2.40. The summed E-state index contributed by atoms with van der Waals surface area (Å²) < 4.78 is 14.4. The molecule has 1 aliphatic heterocycles. The lowest BCUT2D eigenvalue weighted by atomic mass is 9.83. The molecule has 1 fully saturated rings. The van der Waals surface area contributed by atoms with E-state index in [1.165, 1.54) is 6.07 Å². The predicted molar refractivity (Wildman–Crippen MR) is 98.1 cm³/mol. The number of aromatic nitrogens is 1. The number of piperidine rings is 1. The van der Waals surface area contributed by atoms with Gasteiger partial charge in [-0.15, -0.1) is 11.3 Å². The SMILES string of the molecule is CCN1C(=O)CC[C@@H](C(=O)NCCc2nccs2)[C@@H]1c1ccccc1F. The van der Waals surface area contributed by atoms with E-state index in [0.29, 0.717) is 37.9 Å². The molecule has 2 heterocycles. The molecule has 0 spiro atoms. The second-order valence-corrected chi connectivity index (χ2v) is 7.24. The summed E-state index contributed by atoms with van der Waals surface area (Å²) in [6.07, 6.45) is 3.14. The molecule has 3 rings (SSSR count). The van der Waals surface area contributed by atoms with Crippen molar-refractivity contribution in [1.29, 1.82) is 0 Å². The Balaban J connectivity index is 1.77. The first kappa shape index (κ1) is 18.5. The van der Waals surface area contributed by atoms with Crippen LogP contribution in [0.5, 0.6) is 0 Å². The Bertz CT molecular complexity index is 766. The van der Waals surface area contributed by atoms with Crippen molar-refractivity contribution in [2.75, 3.05) is 13.1 Å². The zero-order valence-corrected chi connectivity index (χ0v) is 15.5. The number of likely N-dealkylation sites (tertiary alicyclic amines) is 1. The van der Waals surface area contributed by atoms with Gasteiger partial charge in [0.05, 0.1) is 17.0 Å². The highest BCUT2D eigenvalue weighted by atomic mass is 32.1. The summed E-state index contributed by atoms with van der Waals surface area (Å²) in [6, 6.07) is 5.82. The molecule has 0 unspecified atom stereocenters. The molecule has 7 heteroatoms. The van der Waals surface area contributed by atoms with Gasteiger partial charge in [0.2, 0.25) is 11.8 Å². The van der Waals surface area contributed by atoms with Gasteiger partial charge in [-0.1, -0.05) is 18.2 Å². The number of rotatable bonds is 6. The molecule has 0 aliphatic carbocycles. The van der Waals surface area contributed by atoms with Crippen LogP contribution in [-0.2, 0) is 16.0 Å². The van der Waals surface area contributed by atoms with Crippen molar-refractivity contribution in [3.05, 3.63) is 52.2 Å². The Labute approximate surface area is 156 Å². The van der Waals surface area contributed by atoms with Crippen molar-refractivity contribution in [3.63, 3.8) is 0 Å². The number of nitrogens with one attached hydrogen (secondary N) is 1. The van der Waals surface area contributed by atoms with E-state index in [1.54, 1.807) is 40.6 Å². The smallest absolute Gasteiger partial charge is 0.225 e. The predicted octanol–water partition coefficient (Wildman–Crippen LogP) is 2.94. The second kappa shape index (κ2) is 8.40. The van der Waals surface area contributed by atoms with Crippen LogP contribution in [0, 0.1) is 11.7 Å². The van der Waals surface area contributed by atoms with Gasteiger partial charge in [0.1, 0.15) is 5.82 Å². The second-order valence-electron chi connectivity index (χ2n) is 6.26. The first-order valence-corrected chi connectivity index (χ1v) is 9.69. The number of amides is 2. The molecule has 2 aromatic rings. The van der Waals surface area contributed by atoms with Crippen molar-refractivity contribution in [1.82, 2.24) is 15.2 Å². The van der Waals surface area contributed by atoms with Crippen LogP contribution >= 0.6 is 11.3 Å². The molecule has 2 amide bonds. The third-order valence-corrected chi connectivity index (χ3v) is 5.57. The van der Waals surface area contributed by atoms with Gasteiger partial charge < -0.3 is 10.2 Å². The summed E-state index contributed by atoms with van der Waals surface area (Å²) in [5.41, 5.74) is 0.405. The van der Waals surface area contributed by atoms with Gasteiger partial charge in [-0.2, -0.15) is 0 Å². The highest BCUT2D eigenvalue weighted by molar-refractivity contribution is 7.09. The molecule has 1 aromatic heterocycles. The minimum atomic E-state index is -0.567. The van der Waals surface area contributed by atoms with Crippen LogP contribution in [0.15, 0.2) is 35.8 Å². The molecule has 0 bridgehead atoms. The fourth-order valence-electron chi connectivity index (χ4n) is 3.50. The van der Waals surface area contributed by atoms with Gasteiger partial charge in [0, 0.05) is 43.1 Å². The average molecular weight is 375 g/mol. The minimum absolute atomic E-state index is 0.0346. The topological polar surface area (TPSA) is 62.3 Å². The molecule has 2 atom stereocenters. The van der Waals surface area contributed by atoms with Crippen LogP contribution in [0.2, 0.25) is 0 Å². The van der Waals surface area contributed by atoms with Crippen LogP contribution < -0.4 is 5.32 Å². The summed E-state index contributed by atoms with van der Waals surface area (Å²) in [7, 11) is 0. The van der Waals surface area contributed by atoms with Gasteiger partial charge >= 0.3 is 0 Å². The lowest BCUT2D eigenvalue weighted by molar-refractivity contribution is -0.143. The lowest BCUT2D eigenvalue weighted by Crippen LogP contribution is -2.48. The number of benzene rings is 1. The van der Waals surface area contributed by atoms with Gasteiger partial charge in [-0.05, 0) is 19.4 Å². The van der Waals surface area contributed by atoms with Gasteiger partial charge in [0.15, 0.2) is 0 Å². The van der Waals surface area contributed by atoms with E-state index < -0.39 is 12.0 Å². The van der Waals surface area contributed by atoms with Crippen LogP contribution in [0.1, 0.15) is 36.4 Å². The Morgan fingerprint density at radius 2 is 2.23 bits per heavy atom. The highest BCUT2D eigenvalue weighted by Crippen LogP contribution is 2.37. The van der Waals surface area contributed by atoms with Gasteiger partial charge in [-0.3, -0.25) is 9.59 Å². The third kappa shape index (κ3) is 3.93. The standard InChI is InChI=1S/C19H22FN3O2S/c1-2-23-17(24)8-7-14(18(23)13-5-3-4-6-15(13)20)19(25)22-10-9-16-21-11-12-26-16/h3-6,11-12,14,18H,2,7-10H2,1H3,(H,22,25)/t14-,18+/m1/s1. The normalized spacial score (nSPS) is 20.2. The first-order valence-electron chi connectivity index (χ1n) is 8.81. The van der Waals surface area contributed by atoms with Crippen LogP contribution in [0.25, 0.3) is 0 Å². The van der Waals surface area contributed by atoms with Gasteiger partial charge in [-0.25, -0.2) is 9.37 Å². The van der Waals surface area contributed by atoms with E-state index in [-0.39, 0.29) is 17.6 Å². The molecule has 26 heavy (non-hydrogen) atoms. The van der Waals surface area contributed by atoms with Crippen molar-refractivity contribution < 1.29 is 14.0 Å². The van der Waals surface area contributed by atoms with Crippen molar-refractivity contribution in [2.24, 2.45) is 5.92 Å². The molecule has 1 aliphatic rings. The molecule has 138 valence electrons. The Hall–Kier alpha value is -2.28. The van der Waals surface area contributed by atoms with Crippen LogP contribution in [0.3, 0.4) is 0 Å². The monoisotopic (exact) mass is 375 g/mol. The van der Waals surface area contributed by atoms with E-state index in [4.69, 9.17) is 0 Å². The number of nitrogens with zero attached hydrogens (tertiary/aromatic N) is 2. The van der Waals surface area contributed by atoms with E-state index >= 15 is 0 Å². The molecule has 1 aromatic carbocycles. The zero-order chi connectivity index (χ0) is 18.5. The molecule has 0 saturated carbocycles. The Morgan fingerprint density at radius 3 is 2.92 bits per heavy atom. The molecule has 1 N–H and O–H groups in total. The number of hydrogen-bond donors (Lipinski definition) is 1. The van der Waals surface area contributed by atoms with Crippen molar-refractivity contribution in [3.8, 4) is 0 Å². The number of hydrogen-bond acceptors (Lipinski definition) is 4. The fraction of sp³-hybridized carbons (Fsp3) is 0.421. The Kier molecular flexibility index (Phi) is 5.98. The van der Waals surface area contributed by atoms with E-state index in [0.717, 1.165) is 5.01 Å². The number of carbonyl (C=O) groups excluding carboxylic acids is 2. The third-order valence-electron chi connectivity index (χ3n) is 4.73. The van der Waals surface area contributed by atoms with Crippen molar-refractivity contribution >= 4 is 23.2 Å². The number of carbonyl (C=O) groups is 2. The maximum Gasteiger partial charge on any atom is 0.225 e. The quantitative estimate of drug-likeness (QED) is 0.844. The molecular weight excluding hydrogens is 353 g/mol. The molecule has 0 radical (unpaired) electrons. The molecular formula is C19H22FN3O2S. The maximum atomic E-state index is 14.4. The summed E-state index contributed by atoms with van der Waals surface area (Å²) in [4.78, 5) is 30.9. The van der Waals surface area contributed by atoms with E-state index in [2.05, 4.69) is 10.3 Å². The maximum absolute atomic E-state index is 14.4. The van der Waals surface area contributed by atoms with Crippen molar-refractivity contribution in [2.45, 2.75) is 32.2 Å². The van der Waals surface area contributed by atoms with E-state index in [1.807, 2.05) is 12.3 Å². The minimum Gasteiger partial charge on any atom is -0.355 e. The highest BCUT2D eigenvalue weighted by Gasteiger charge is 2.40. The summed E-state index contributed by atoms with van der Waals surface area (Å²) in [6.45, 7) is 2.78. The number of halogens is 1.